The lowest BCUT2D eigenvalue weighted by molar-refractivity contribution is -0.268. The second kappa shape index (κ2) is 11.9. The number of ether oxygens (including phenoxy) is 5. The van der Waals surface area contributed by atoms with Crippen molar-refractivity contribution in [1.82, 2.24) is 0 Å². The predicted molar refractivity (Wildman–Crippen MR) is 145 cm³/mol. The first-order chi connectivity index (χ1) is 20.7. The monoisotopic (exact) mass is 624 g/mol. The van der Waals surface area contributed by atoms with Crippen LogP contribution in [0.15, 0.2) is 33.5 Å². The summed E-state index contributed by atoms with van der Waals surface area (Å²) in [4.78, 5) is 13.8. The summed E-state index contributed by atoms with van der Waals surface area (Å²) < 4.78 is 33.0. The molecule has 0 amide bonds. The Hall–Kier alpha value is -3.87. The molecular weight excluding hydrogens is 592 g/mol. The van der Waals surface area contributed by atoms with Crippen molar-refractivity contribution in [2.24, 2.45) is 0 Å². The van der Waals surface area contributed by atoms with Crippen molar-refractivity contribution >= 4 is 11.0 Å². The van der Waals surface area contributed by atoms with E-state index in [-0.39, 0.29) is 22.6 Å². The zero-order chi connectivity index (χ0) is 32.2. The maximum Gasteiger partial charge on any atom is 0.239 e. The van der Waals surface area contributed by atoms with E-state index >= 15 is 0 Å². The Labute approximate surface area is 248 Å². The molecule has 0 bridgehead atoms. The molecule has 16 heteroatoms. The molecule has 16 nitrogen and oxygen atoms in total. The van der Waals surface area contributed by atoms with E-state index in [4.69, 9.17) is 28.1 Å². The van der Waals surface area contributed by atoms with E-state index in [1.165, 1.54) is 21.0 Å². The molecule has 2 fully saturated rings. The molecule has 3 heterocycles. The lowest BCUT2D eigenvalue weighted by atomic mass is 10.00. The SMILES string of the molecule is COc1c(O)cc(-c2oc3cc(O[C@@H]4OC(C)[C@H](O)[C@H](O)C4O)cc(O)c3c(=O)c2O[C@@H]2OC(C)[C@H](O)C(O)[C@@H]2O)cc1O. The Kier molecular flexibility index (Phi) is 8.54. The highest BCUT2D eigenvalue weighted by Gasteiger charge is 2.45. The van der Waals surface area contributed by atoms with E-state index in [9.17, 15) is 50.8 Å². The van der Waals surface area contributed by atoms with Gasteiger partial charge in [0.2, 0.25) is 29.5 Å². The number of aromatic hydroxyl groups is 3. The van der Waals surface area contributed by atoms with Gasteiger partial charge in [-0.2, -0.15) is 0 Å². The maximum absolute atomic E-state index is 13.8. The molecule has 0 spiro atoms. The molecule has 240 valence electrons. The summed E-state index contributed by atoms with van der Waals surface area (Å²) in [6.45, 7) is 2.83. The minimum Gasteiger partial charge on any atom is -0.507 e. The van der Waals surface area contributed by atoms with Gasteiger partial charge in [-0.25, -0.2) is 0 Å². The summed E-state index contributed by atoms with van der Waals surface area (Å²) in [5.74, 6) is -3.44. The van der Waals surface area contributed by atoms with Crippen LogP contribution < -0.4 is 19.6 Å². The third-order valence-corrected chi connectivity index (χ3v) is 7.53. The number of fused-ring (bicyclic) bond motifs is 1. The Morgan fingerprint density at radius 2 is 1.18 bits per heavy atom. The van der Waals surface area contributed by atoms with Gasteiger partial charge in [-0.3, -0.25) is 4.79 Å². The molecular formula is C28H32O16. The topological polar surface area (TPSA) is 258 Å². The summed E-state index contributed by atoms with van der Waals surface area (Å²) >= 11 is 0. The van der Waals surface area contributed by atoms with Gasteiger partial charge in [0.05, 0.1) is 19.3 Å². The Balaban J connectivity index is 1.64. The molecule has 2 aromatic carbocycles. The van der Waals surface area contributed by atoms with Gasteiger partial charge in [0, 0.05) is 17.7 Å². The van der Waals surface area contributed by atoms with Crippen LogP contribution in [0.5, 0.6) is 34.5 Å². The first-order valence-corrected chi connectivity index (χ1v) is 13.4. The van der Waals surface area contributed by atoms with Gasteiger partial charge in [0.1, 0.15) is 59.1 Å². The standard InChI is InChI=1S/C28H32O16/c1-8-17(32)20(35)22(37)27(40-8)42-11-6-12(29)16-15(7-11)43-24(10-4-13(30)25(39-3)14(31)5-10)26(19(16)34)44-28-23(38)21(36)18(33)9(2)41-28/h4-9,17-18,20-23,27-33,35-38H,1-3H3/t8?,9?,17-,18-,20-,21?,22?,23-,27-,28-/m0/s1. The van der Waals surface area contributed by atoms with Crippen molar-refractivity contribution in [2.45, 2.75) is 75.3 Å². The van der Waals surface area contributed by atoms with Gasteiger partial charge in [0.15, 0.2) is 17.3 Å². The quantitative estimate of drug-likeness (QED) is 0.159. The molecule has 4 unspecified atom stereocenters. The molecule has 44 heavy (non-hydrogen) atoms. The summed E-state index contributed by atoms with van der Waals surface area (Å²) in [6, 6.07) is 4.25. The van der Waals surface area contributed by atoms with Crippen molar-refractivity contribution in [2.75, 3.05) is 7.11 Å². The molecule has 0 radical (unpaired) electrons. The number of benzene rings is 2. The van der Waals surface area contributed by atoms with Crippen molar-refractivity contribution in [1.29, 1.82) is 0 Å². The van der Waals surface area contributed by atoms with Gasteiger partial charge in [-0.1, -0.05) is 0 Å². The van der Waals surface area contributed by atoms with Crippen molar-refractivity contribution < 1.29 is 74.1 Å². The number of hydrogen-bond donors (Lipinski definition) is 9. The van der Waals surface area contributed by atoms with Crippen LogP contribution in [0.1, 0.15) is 13.8 Å². The highest BCUT2D eigenvalue weighted by Crippen LogP contribution is 2.44. The van der Waals surface area contributed by atoms with Crippen LogP contribution in [0.3, 0.4) is 0 Å². The van der Waals surface area contributed by atoms with Crippen molar-refractivity contribution in [3.8, 4) is 45.8 Å². The normalized spacial score (nSPS) is 32.4. The Morgan fingerprint density at radius 3 is 1.70 bits per heavy atom. The van der Waals surface area contributed by atoms with Crippen LogP contribution in [0.4, 0.5) is 0 Å². The van der Waals surface area contributed by atoms with Gasteiger partial charge >= 0.3 is 0 Å². The van der Waals surface area contributed by atoms with E-state index in [0.29, 0.717) is 0 Å². The summed E-state index contributed by atoms with van der Waals surface area (Å²) in [7, 11) is 1.19. The zero-order valence-corrected chi connectivity index (χ0v) is 23.5. The highest BCUT2D eigenvalue weighted by molar-refractivity contribution is 5.88. The number of rotatable bonds is 6. The molecule has 2 aliphatic heterocycles. The van der Waals surface area contributed by atoms with Gasteiger partial charge < -0.3 is 74.1 Å². The van der Waals surface area contributed by atoms with E-state index in [0.717, 1.165) is 24.3 Å². The van der Waals surface area contributed by atoms with Crippen LogP contribution in [-0.4, -0.2) is 114 Å². The summed E-state index contributed by atoms with van der Waals surface area (Å²) in [5.41, 5.74) is -1.49. The van der Waals surface area contributed by atoms with E-state index < -0.39 is 101 Å². The van der Waals surface area contributed by atoms with E-state index in [1.807, 2.05) is 0 Å². The van der Waals surface area contributed by atoms with Gasteiger partial charge in [-0.05, 0) is 26.0 Å². The molecule has 0 aliphatic carbocycles. The number of aliphatic hydroxyl groups excluding tert-OH is 6. The number of aliphatic hydroxyl groups is 6. The van der Waals surface area contributed by atoms with Gasteiger partial charge in [-0.15, -0.1) is 0 Å². The fourth-order valence-corrected chi connectivity index (χ4v) is 5.03. The third-order valence-electron chi connectivity index (χ3n) is 7.53. The van der Waals surface area contributed by atoms with Crippen LogP contribution in [0.2, 0.25) is 0 Å². The Morgan fingerprint density at radius 1 is 0.659 bits per heavy atom. The molecule has 1 aromatic heterocycles. The maximum atomic E-state index is 13.8. The number of phenols is 3. The smallest absolute Gasteiger partial charge is 0.239 e. The second-order valence-corrected chi connectivity index (χ2v) is 10.6. The first kappa shape index (κ1) is 31.6. The summed E-state index contributed by atoms with van der Waals surface area (Å²) in [6.07, 6.45) is -15.0. The second-order valence-electron chi connectivity index (χ2n) is 10.6. The fourth-order valence-electron chi connectivity index (χ4n) is 5.03. The van der Waals surface area contributed by atoms with Crippen LogP contribution >= 0.6 is 0 Å². The predicted octanol–water partition coefficient (Wildman–Crippen LogP) is -1.00. The average molecular weight is 625 g/mol. The number of hydrogen-bond acceptors (Lipinski definition) is 16. The number of methoxy groups -OCH3 is 1. The molecule has 3 aromatic rings. The van der Waals surface area contributed by atoms with Crippen LogP contribution in [0.25, 0.3) is 22.3 Å². The largest absolute Gasteiger partial charge is 0.507 e. The molecule has 10 atom stereocenters. The third kappa shape index (κ3) is 5.46. The lowest BCUT2D eigenvalue weighted by Gasteiger charge is -2.39. The highest BCUT2D eigenvalue weighted by atomic mass is 16.7. The molecule has 5 rings (SSSR count). The fraction of sp³-hybridized carbons (Fsp3) is 0.464. The minimum absolute atomic E-state index is 0.142. The van der Waals surface area contributed by atoms with Crippen molar-refractivity contribution in [3.63, 3.8) is 0 Å². The van der Waals surface area contributed by atoms with Crippen molar-refractivity contribution in [3.05, 3.63) is 34.5 Å². The van der Waals surface area contributed by atoms with E-state index in [2.05, 4.69) is 0 Å². The van der Waals surface area contributed by atoms with Gasteiger partial charge in [0.25, 0.3) is 0 Å². The zero-order valence-electron chi connectivity index (χ0n) is 23.5. The Bertz CT molecular complexity index is 1570. The first-order valence-electron chi connectivity index (χ1n) is 13.4. The summed E-state index contributed by atoms with van der Waals surface area (Å²) in [5, 5.41) is 92.4. The average Bonchev–Trinajstić information content (AvgIpc) is 2.97. The van der Waals surface area contributed by atoms with E-state index in [1.54, 1.807) is 0 Å². The molecule has 9 N–H and O–H groups in total. The van der Waals surface area contributed by atoms with Crippen LogP contribution in [0, 0.1) is 0 Å². The molecule has 2 saturated heterocycles. The molecule has 0 saturated carbocycles. The lowest BCUT2D eigenvalue weighted by Crippen LogP contribution is -2.58. The minimum atomic E-state index is -1.84. The number of phenolic OH excluding ortho intramolecular Hbond substituents is 3. The van der Waals surface area contributed by atoms with Crippen LogP contribution in [-0.2, 0) is 9.47 Å². The molecule has 2 aliphatic rings.